The number of rotatable bonds is 22. The molecule has 0 amide bonds. The summed E-state index contributed by atoms with van der Waals surface area (Å²) in [5.74, 6) is 4.13. The van der Waals surface area contributed by atoms with Gasteiger partial charge in [0.2, 0.25) is 0 Å². The Balaban J connectivity index is 0.000000358. The van der Waals surface area contributed by atoms with Crippen molar-refractivity contribution < 1.29 is 28.8 Å². The maximum atomic E-state index is 10.4. The van der Waals surface area contributed by atoms with Gasteiger partial charge in [-0.1, -0.05) is 95.2 Å². The highest BCUT2D eigenvalue weighted by Crippen LogP contribution is 2.26. The Morgan fingerprint density at radius 1 is 0.560 bits per heavy atom. The summed E-state index contributed by atoms with van der Waals surface area (Å²) in [5, 5.41) is 10.4. The van der Waals surface area contributed by atoms with Gasteiger partial charge in [-0.25, -0.2) is 0 Å². The smallest absolute Gasteiger partial charge is 0.131 e. The van der Waals surface area contributed by atoms with Crippen molar-refractivity contribution in [2.24, 2.45) is 23.7 Å². The molecule has 0 spiro atoms. The molecule has 6 nitrogen and oxygen atoms in total. The summed E-state index contributed by atoms with van der Waals surface area (Å²) in [7, 11) is 3.32. The molecule has 0 saturated carbocycles. The number of hydrogen-bond acceptors (Lipinski definition) is 6. The first-order chi connectivity index (χ1) is 24.0. The van der Waals surface area contributed by atoms with Crippen LogP contribution in [-0.2, 0) is 22.7 Å². The summed E-state index contributed by atoms with van der Waals surface area (Å²) in [6, 6.07) is 25.7. The first kappa shape index (κ1) is 42.6. The van der Waals surface area contributed by atoms with Gasteiger partial charge in [0.25, 0.3) is 0 Å². The lowest BCUT2D eigenvalue weighted by Gasteiger charge is -2.31. The fourth-order valence-electron chi connectivity index (χ4n) is 5.52. The average molecular weight is 689 g/mol. The third-order valence-electron chi connectivity index (χ3n) is 8.92. The van der Waals surface area contributed by atoms with E-state index < -0.39 is 6.10 Å². The maximum absolute atomic E-state index is 10.4. The molecule has 0 heterocycles. The lowest BCUT2D eigenvalue weighted by molar-refractivity contribution is -0.0532. The summed E-state index contributed by atoms with van der Waals surface area (Å²) in [5.41, 5.74) is 2.18. The predicted octanol–water partition coefficient (Wildman–Crippen LogP) is 10.5. The Morgan fingerprint density at radius 2 is 1.00 bits per heavy atom. The van der Waals surface area contributed by atoms with Crippen LogP contribution in [0.1, 0.15) is 78.4 Å². The number of aliphatic hydroxyl groups excluding tert-OH is 1. The van der Waals surface area contributed by atoms with Gasteiger partial charge in [-0.3, -0.25) is 0 Å². The number of hydrogen-bond donors (Lipinski definition) is 1. The number of para-hydroxylation sites is 1. The molecule has 0 aliphatic rings. The highest BCUT2D eigenvalue weighted by atomic mass is 16.5. The zero-order valence-electron chi connectivity index (χ0n) is 31.9. The van der Waals surface area contributed by atoms with E-state index in [2.05, 4.69) is 47.8 Å². The van der Waals surface area contributed by atoms with E-state index in [-0.39, 0.29) is 30.1 Å². The molecule has 3 aromatic rings. The number of ether oxygens (including phenoxy) is 5. The molecule has 0 saturated heterocycles. The van der Waals surface area contributed by atoms with E-state index in [1.54, 1.807) is 14.2 Å². The van der Waals surface area contributed by atoms with Crippen molar-refractivity contribution in [3.8, 4) is 17.2 Å². The van der Waals surface area contributed by atoms with Gasteiger partial charge in [-0.2, -0.15) is 0 Å². The van der Waals surface area contributed by atoms with Gasteiger partial charge in [0.15, 0.2) is 0 Å². The predicted molar refractivity (Wildman–Crippen MR) is 207 cm³/mol. The number of aliphatic hydroxyl groups is 1. The van der Waals surface area contributed by atoms with Crippen molar-refractivity contribution in [1.82, 2.24) is 0 Å². The van der Waals surface area contributed by atoms with Crippen LogP contribution >= 0.6 is 0 Å². The van der Waals surface area contributed by atoms with Gasteiger partial charge in [-0.05, 0) is 86.1 Å². The number of methoxy groups -OCH3 is 2. The highest BCUT2D eigenvalue weighted by Gasteiger charge is 2.28. The molecule has 0 aliphatic heterocycles. The molecule has 1 N–H and O–H groups in total. The zero-order valence-corrected chi connectivity index (χ0v) is 31.9. The van der Waals surface area contributed by atoms with Gasteiger partial charge < -0.3 is 28.8 Å². The Morgan fingerprint density at radius 3 is 1.42 bits per heavy atom. The fourth-order valence-corrected chi connectivity index (χ4v) is 5.52. The Hall–Kier alpha value is -3.58. The van der Waals surface area contributed by atoms with Crippen LogP contribution in [0.5, 0.6) is 17.2 Å². The Labute approximate surface area is 303 Å². The third-order valence-corrected chi connectivity index (χ3v) is 8.92. The van der Waals surface area contributed by atoms with Crippen molar-refractivity contribution >= 4 is 0 Å². The molecule has 276 valence electrons. The van der Waals surface area contributed by atoms with Gasteiger partial charge >= 0.3 is 0 Å². The van der Waals surface area contributed by atoms with Crippen LogP contribution in [0, 0.1) is 23.7 Å². The van der Waals surface area contributed by atoms with E-state index in [4.69, 9.17) is 23.7 Å². The van der Waals surface area contributed by atoms with E-state index in [1.165, 1.54) is 0 Å². The summed E-state index contributed by atoms with van der Waals surface area (Å²) in [6.45, 7) is 21.8. The van der Waals surface area contributed by atoms with Crippen LogP contribution in [0.25, 0.3) is 0 Å². The largest absolute Gasteiger partial charge is 0.497 e. The standard InChI is InChI=1S/C25H34O3.C19H30O3/c1-6-22(15-12-19(2)3)25(28-24-10-8-7-9-11-24)20(4)27-18-21-13-16-23(26-5)17-14-21;1-6-17(10-7-14(2)3)19(20)15(4)22-13-16-8-11-18(21-5)12-9-16/h6-11,13-14,16-17,19-20,22,25H,1,12,15,18H2,2-5H3;6,8-9,11-12,14-15,17,19-20H,1,7,10,13H2,2-5H3/t20-,22+,25-;15-,17+,19-/m00/s1. The lowest BCUT2D eigenvalue weighted by Crippen LogP contribution is -2.38. The summed E-state index contributed by atoms with van der Waals surface area (Å²) in [6.07, 6.45) is 7.16. The molecule has 3 rings (SSSR count). The normalized spacial score (nSPS) is 14.8. The van der Waals surface area contributed by atoms with Gasteiger partial charge in [0, 0.05) is 11.8 Å². The molecule has 50 heavy (non-hydrogen) atoms. The van der Waals surface area contributed by atoms with Gasteiger partial charge in [0.05, 0.1) is 45.7 Å². The van der Waals surface area contributed by atoms with Crippen LogP contribution in [0.3, 0.4) is 0 Å². The quantitative estimate of drug-likeness (QED) is 0.106. The second kappa shape index (κ2) is 23.8. The van der Waals surface area contributed by atoms with Crippen molar-refractivity contribution in [2.45, 2.75) is 105 Å². The molecule has 0 unspecified atom stereocenters. The van der Waals surface area contributed by atoms with Crippen LogP contribution in [-0.4, -0.2) is 43.7 Å². The fraction of sp³-hybridized carbons (Fsp3) is 0.500. The van der Waals surface area contributed by atoms with Gasteiger partial charge in [0.1, 0.15) is 23.4 Å². The lowest BCUT2D eigenvalue weighted by atomic mass is 9.90. The first-order valence-corrected chi connectivity index (χ1v) is 18.1. The molecule has 0 bridgehead atoms. The molecule has 0 aliphatic carbocycles. The summed E-state index contributed by atoms with van der Waals surface area (Å²) in [4.78, 5) is 0. The number of benzene rings is 3. The van der Waals surface area contributed by atoms with E-state index in [9.17, 15) is 5.11 Å². The SMILES string of the molecule is C=C[C@H](CCC(C)C)[C@@H](O)[C@H](C)OCc1ccc(OC)cc1.C=C[C@H](CCC(C)C)[C@@H](Oc1ccccc1)[C@H](C)OCc1ccc(OC)cc1. The molecular weight excluding hydrogens is 624 g/mol. The van der Waals surface area contributed by atoms with Gasteiger partial charge in [-0.15, -0.1) is 13.2 Å². The maximum Gasteiger partial charge on any atom is 0.131 e. The van der Waals surface area contributed by atoms with Crippen molar-refractivity contribution in [2.75, 3.05) is 14.2 Å². The molecule has 6 atom stereocenters. The monoisotopic (exact) mass is 688 g/mol. The van der Waals surface area contributed by atoms with Crippen LogP contribution in [0.2, 0.25) is 0 Å². The zero-order chi connectivity index (χ0) is 36.9. The Bertz CT molecular complexity index is 1300. The van der Waals surface area contributed by atoms with Crippen LogP contribution in [0.4, 0.5) is 0 Å². The summed E-state index contributed by atoms with van der Waals surface area (Å²) < 4.78 is 28.7. The molecule has 0 radical (unpaired) electrons. The third kappa shape index (κ3) is 16.0. The minimum Gasteiger partial charge on any atom is -0.497 e. The van der Waals surface area contributed by atoms with E-state index in [0.717, 1.165) is 54.1 Å². The minimum absolute atomic E-state index is 0.0718. The second-order valence-electron chi connectivity index (χ2n) is 13.9. The topological polar surface area (TPSA) is 66.4 Å². The molecule has 0 aromatic heterocycles. The van der Waals surface area contributed by atoms with E-state index in [1.807, 2.05) is 97.9 Å². The van der Waals surface area contributed by atoms with E-state index in [0.29, 0.717) is 25.0 Å². The second-order valence-corrected chi connectivity index (χ2v) is 13.9. The first-order valence-electron chi connectivity index (χ1n) is 18.1. The van der Waals surface area contributed by atoms with E-state index >= 15 is 0 Å². The molecule has 6 heteroatoms. The van der Waals surface area contributed by atoms with Crippen LogP contribution in [0.15, 0.2) is 104 Å². The minimum atomic E-state index is -0.519. The molecule has 3 aromatic carbocycles. The Kier molecular flexibility index (Phi) is 20.2. The van der Waals surface area contributed by atoms with Crippen molar-refractivity contribution in [3.05, 3.63) is 115 Å². The highest BCUT2D eigenvalue weighted by molar-refractivity contribution is 5.27. The van der Waals surface area contributed by atoms with Crippen molar-refractivity contribution in [1.29, 1.82) is 0 Å². The average Bonchev–Trinajstić information content (AvgIpc) is 3.13. The molecular formula is C44H64O6. The summed E-state index contributed by atoms with van der Waals surface area (Å²) >= 11 is 0. The van der Waals surface area contributed by atoms with Crippen LogP contribution < -0.4 is 14.2 Å². The van der Waals surface area contributed by atoms with Crippen molar-refractivity contribution in [3.63, 3.8) is 0 Å². The molecule has 0 fully saturated rings.